The van der Waals surface area contributed by atoms with Crippen molar-refractivity contribution in [2.24, 2.45) is 0 Å². The number of aryl methyl sites for hydroxylation is 1. The molecule has 1 amide bonds. The SMILES string of the molecule is COc1cc(C(=O)N(CCCc2ccccc2)CC2CC=C(C(=O)O)N2)cc(OC)c1C. The Morgan fingerprint density at radius 2 is 1.78 bits per heavy atom. The monoisotopic (exact) mass is 438 g/mol. The van der Waals surface area contributed by atoms with E-state index in [9.17, 15) is 14.7 Å². The van der Waals surface area contributed by atoms with Crippen LogP contribution >= 0.6 is 0 Å². The van der Waals surface area contributed by atoms with Gasteiger partial charge in [-0.15, -0.1) is 0 Å². The van der Waals surface area contributed by atoms with Gasteiger partial charge in [0.2, 0.25) is 0 Å². The normalized spacial score (nSPS) is 15.0. The number of nitrogens with one attached hydrogen (secondary N) is 1. The first-order chi connectivity index (χ1) is 15.4. The smallest absolute Gasteiger partial charge is 0.351 e. The number of hydrogen-bond donors (Lipinski definition) is 2. The summed E-state index contributed by atoms with van der Waals surface area (Å²) in [6, 6.07) is 13.5. The molecule has 2 aromatic rings. The second-order valence-corrected chi connectivity index (χ2v) is 7.85. The van der Waals surface area contributed by atoms with Crippen LogP contribution in [0.1, 0.15) is 34.3 Å². The van der Waals surface area contributed by atoms with Crippen LogP contribution in [-0.2, 0) is 11.2 Å². The van der Waals surface area contributed by atoms with Crippen LogP contribution in [0.3, 0.4) is 0 Å². The van der Waals surface area contributed by atoms with Gasteiger partial charge in [0.1, 0.15) is 17.2 Å². The maximum atomic E-state index is 13.5. The predicted molar refractivity (Wildman–Crippen MR) is 122 cm³/mol. The third-order valence-electron chi connectivity index (χ3n) is 5.66. The maximum absolute atomic E-state index is 13.5. The molecule has 32 heavy (non-hydrogen) atoms. The fourth-order valence-electron chi connectivity index (χ4n) is 3.92. The zero-order valence-corrected chi connectivity index (χ0v) is 18.8. The van der Waals surface area contributed by atoms with Gasteiger partial charge in [-0.2, -0.15) is 0 Å². The molecule has 1 aliphatic rings. The minimum Gasteiger partial charge on any atom is -0.496 e. The molecule has 0 saturated heterocycles. The molecular weight excluding hydrogens is 408 g/mol. The Bertz CT molecular complexity index is 962. The first kappa shape index (κ1) is 23.2. The summed E-state index contributed by atoms with van der Waals surface area (Å²) in [6.45, 7) is 2.83. The van der Waals surface area contributed by atoms with Crippen LogP contribution in [0, 0.1) is 6.92 Å². The Balaban J connectivity index is 1.77. The Morgan fingerprint density at radius 1 is 1.12 bits per heavy atom. The Morgan fingerprint density at radius 3 is 2.34 bits per heavy atom. The number of carbonyl (C=O) groups excluding carboxylic acids is 1. The van der Waals surface area contributed by atoms with Gasteiger partial charge in [-0.25, -0.2) is 4.79 Å². The number of rotatable bonds is 10. The van der Waals surface area contributed by atoms with Crippen molar-refractivity contribution >= 4 is 11.9 Å². The molecule has 2 aromatic carbocycles. The van der Waals surface area contributed by atoms with Crippen LogP contribution in [0.4, 0.5) is 0 Å². The molecule has 0 aliphatic carbocycles. The average molecular weight is 439 g/mol. The Hall–Kier alpha value is -3.48. The van der Waals surface area contributed by atoms with E-state index in [1.54, 1.807) is 37.3 Å². The summed E-state index contributed by atoms with van der Waals surface area (Å²) in [5.41, 5.74) is 2.71. The molecule has 0 aromatic heterocycles. The van der Waals surface area contributed by atoms with Crippen molar-refractivity contribution in [3.05, 3.63) is 70.9 Å². The molecule has 0 saturated carbocycles. The van der Waals surface area contributed by atoms with Gasteiger partial charge in [0, 0.05) is 30.3 Å². The molecule has 0 radical (unpaired) electrons. The number of carbonyl (C=O) groups is 2. The van der Waals surface area contributed by atoms with Crippen molar-refractivity contribution in [3.63, 3.8) is 0 Å². The molecule has 170 valence electrons. The first-order valence-corrected chi connectivity index (χ1v) is 10.7. The number of carboxylic acid groups (broad SMARTS) is 1. The second-order valence-electron chi connectivity index (χ2n) is 7.85. The molecule has 0 spiro atoms. The lowest BCUT2D eigenvalue weighted by Crippen LogP contribution is -2.42. The number of benzene rings is 2. The molecule has 2 N–H and O–H groups in total. The van der Waals surface area contributed by atoms with Gasteiger partial charge in [0.15, 0.2) is 0 Å². The quantitative estimate of drug-likeness (QED) is 0.591. The second kappa shape index (κ2) is 10.7. The zero-order chi connectivity index (χ0) is 23.1. The van der Waals surface area contributed by atoms with Crippen molar-refractivity contribution in [2.75, 3.05) is 27.3 Å². The fourth-order valence-corrected chi connectivity index (χ4v) is 3.92. The zero-order valence-electron chi connectivity index (χ0n) is 18.8. The van der Waals surface area contributed by atoms with Gasteiger partial charge in [0.25, 0.3) is 5.91 Å². The van der Waals surface area contributed by atoms with Crippen LogP contribution in [0.15, 0.2) is 54.2 Å². The Kier molecular flexibility index (Phi) is 7.76. The highest BCUT2D eigenvalue weighted by Gasteiger charge is 2.26. The van der Waals surface area contributed by atoms with Crippen molar-refractivity contribution in [1.29, 1.82) is 0 Å². The number of amides is 1. The van der Waals surface area contributed by atoms with Crippen molar-refractivity contribution in [1.82, 2.24) is 10.2 Å². The number of carboxylic acids is 1. The van der Waals surface area contributed by atoms with Gasteiger partial charge in [-0.3, -0.25) is 4.79 Å². The number of aliphatic carboxylic acids is 1. The van der Waals surface area contributed by atoms with Crippen molar-refractivity contribution < 1.29 is 24.2 Å². The molecule has 1 aliphatic heterocycles. The topological polar surface area (TPSA) is 88.1 Å². The van der Waals surface area contributed by atoms with Crippen molar-refractivity contribution in [2.45, 2.75) is 32.2 Å². The van der Waals surface area contributed by atoms with E-state index in [0.717, 1.165) is 18.4 Å². The van der Waals surface area contributed by atoms with Crippen molar-refractivity contribution in [3.8, 4) is 11.5 Å². The number of methoxy groups -OCH3 is 2. The lowest BCUT2D eigenvalue weighted by Gasteiger charge is -2.27. The third kappa shape index (κ3) is 5.60. The summed E-state index contributed by atoms with van der Waals surface area (Å²) in [7, 11) is 3.13. The average Bonchev–Trinajstić information content (AvgIpc) is 3.28. The van der Waals surface area contributed by atoms with Crippen LogP contribution in [0.5, 0.6) is 11.5 Å². The highest BCUT2D eigenvalue weighted by molar-refractivity contribution is 5.95. The lowest BCUT2D eigenvalue weighted by molar-refractivity contribution is -0.133. The van der Waals surface area contributed by atoms with Gasteiger partial charge in [0.05, 0.1) is 14.2 Å². The van der Waals surface area contributed by atoms with Gasteiger partial charge >= 0.3 is 5.97 Å². The molecular formula is C25H30N2O5. The van der Waals surface area contributed by atoms with E-state index >= 15 is 0 Å². The van der Waals surface area contributed by atoms with E-state index < -0.39 is 5.97 Å². The number of hydrogen-bond acceptors (Lipinski definition) is 5. The van der Waals surface area contributed by atoms with E-state index in [1.165, 1.54) is 5.56 Å². The number of ether oxygens (including phenoxy) is 2. The molecule has 7 nitrogen and oxygen atoms in total. The molecule has 1 atom stereocenters. The van der Waals surface area contributed by atoms with Gasteiger partial charge < -0.3 is 24.8 Å². The molecule has 0 bridgehead atoms. The standard InChI is InChI=1S/C25H30N2O5/c1-17-22(31-2)14-19(15-23(17)32-3)24(28)27(13-7-10-18-8-5-4-6-9-18)16-20-11-12-21(26-20)25(29)30/h4-6,8-9,12,14-15,20,26H,7,10-11,13,16H2,1-3H3,(H,29,30). The molecule has 3 rings (SSSR count). The number of nitrogens with zero attached hydrogens (tertiary/aromatic N) is 1. The van der Waals surface area contributed by atoms with Gasteiger partial charge in [-0.05, 0) is 43.9 Å². The summed E-state index contributed by atoms with van der Waals surface area (Å²) >= 11 is 0. The summed E-state index contributed by atoms with van der Waals surface area (Å²) in [6.07, 6.45) is 3.87. The summed E-state index contributed by atoms with van der Waals surface area (Å²) in [4.78, 5) is 26.5. The van der Waals surface area contributed by atoms with E-state index in [1.807, 2.05) is 25.1 Å². The fraction of sp³-hybridized carbons (Fsp3) is 0.360. The predicted octanol–water partition coefficient (Wildman–Crippen LogP) is 3.42. The third-order valence-corrected chi connectivity index (χ3v) is 5.66. The molecule has 1 heterocycles. The highest BCUT2D eigenvalue weighted by atomic mass is 16.5. The summed E-state index contributed by atoms with van der Waals surface area (Å²) in [5, 5.41) is 12.2. The Labute approximate surface area is 188 Å². The summed E-state index contributed by atoms with van der Waals surface area (Å²) in [5.74, 6) is 0.0548. The largest absolute Gasteiger partial charge is 0.496 e. The highest BCUT2D eigenvalue weighted by Crippen LogP contribution is 2.30. The van der Waals surface area contributed by atoms with Crippen LogP contribution in [0.2, 0.25) is 0 Å². The molecule has 0 fully saturated rings. The molecule has 7 heteroatoms. The van der Waals surface area contributed by atoms with E-state index in [4.69, 9.17) is 9.47 Å². The first-order valence-electron chi connectivity index (χ1n) is 10.7. The van der Waals surface area contributed by atoms with Crippen LogP contribution in [0.25, 0.3) is 0 Å². The minimum atomic E-state index is -0.984. The van der Waals surface area contributed by atoms with Gasteiger partial charge in [-0.1, -0.05) is 36.4 Å². The minimum absolute atomic E-state index is 0.139. The van der Waals surface area contributed by atoms with E-state index in [0.29, 0.717) is 36.6 Å². The summed E-state index contributed by atoms with van der Waals surface area (Å²) < 4.78 is 10.9. The van der Waals surface area contributed by atoms with Crippen LogP contribution in [-0.4, -0.2) is 55.2 Å². The maximum Gasteiger partial charge on any atom is 0.351 e. The lowest BCUT2D eigenvalue weighted by atomic mass is 10.1. The van der Waals surface area contributed by atoms with E-state index in [2.05, 4.69) is 17.4 Å². The molecule has 1 unspecified atom stereocenters. The van der Waals surface area contributed by atoms with E-state index in [-0.39, 0.29) is 17.6 Å². The van der Waals surface area contributed by atoms with Crippen LogP contribution < -0.4 is 14.8 Å².